The summed E-state index contributed by atoms with van der Waals surface area (Å²) in [7, 11) is 0. The van der Waals surface area contributed by atoms with Crippen molar-refractivity contribution in [1.29, 1.82) is 0 Å². The molecule has 1 amide bonds. The molecule has 0 bridgehead atoms. The van der Waals surface area contributed by atoms with Crippen LogP contribution in [0.4, 0.5) is 5.69 Å². The van der Waals surface area contributed by atoms with Crippen molar-refractivity contribution in [2.75, 3.05) is 11.4 Å². The molecule has 94 valence electrons. The van der Waals surface area contributed by atoms with Gasteiger partial charge in [-0.05, 0) is 30.5 Å². The zero-order valence-corrected chi connectivity index (χ0v) is 10.8. The van der Waals surface area contributed by atoms with Gasteiger partial charge in [0.25, 0.3) is 11.7 Å². The Hall–Kier alpha value is -1.90. The first kappa shape index (κ1) is 12.6. The molecule has 0 radical (unpaired) electrons. The van der Waals surface area contributed by atoms with Gasteiger partial charge in [-0.25, -0.2) is 0 Å². The summed E-state index contributed by atoms with van der Waals surface area (Å²) in [6.07, 6.45) is 1.66. The maximum absolute atomic E-state index is 11.9. The third kappa shape index (κ3) is 1.96. The predicted molar refractivity (Wildman–Crippen MR) is 71.9 cm³/mol. The maximum Gasteiger partial charge on any atom is 0.299 e. The molecule has 0 N–H and O–H groups in total. The molecule has 1 aromatic carbocycles. The number of Topliss-reactive ketones (excluding diaryl/α,β-unsaturated/α-hetero) is 1. The van der Waals surface area contributed by atoms with Gasteiger partial charge in [0.2, 0.25) is 0 Å². The van der Waals surface area contributed by atoms with E-state index < -0.39 is 11.7 Å². The Morgan fingerprint density at radius 2 is 2.00 bits per heavy atom. The summed E-state index contributed by atoms with van der Waals surface area (Å²) in [5, 5.41) is 0. The van der Waals surface area contributed by atoms with Crippen LogP contribution < -0.4 is 4.90 Å². The normalized spacial score (nSPS) is 14.0. The molecule has 3 nitrogen and oxygen atoms in total. The molecule has 18 heavy (non-hydrogen) atoms. The fourth-order valence-electron chi connectivity index (χ4n) is 2.06. The van der Waals surface area contributed by atoms with Crippen LogP contribution in [0.2, 0.25) is 0 Å². The van der Waals surface area contributed by atoms with E-state index in [2.05, 4.69) is 6.58 Å². The highest BCUT2D eigenvalue weighted by Gasteiger charge is 2.35. The minimum absolute atomic E-state index is 0.399. The first-order valence-electron chi connectivity index (χ1n) is 6.24. The average Bonchev–Trinajstić information content (AvgIpc) is 2.63. The van der Waals surface area contributed by atoms with Crippen molar-refractivity contribution in [3.8, 4) is 0 Å². The monoisotopic (exact) mass is 243 g/mol. The van der Waals surface area contributed by atoms with Crippen LogP contribution in [0.3, 0.4) is 0 Å². The van der Waals surface area contributed by atoms with Gasteiger partial charge in [-0.2, -0.15) is 0 Å². The van der Waals surface area contributed by atoms with Gasteiger partial charge < -0.3 is 4.90 Å². The zero-order chi connectivity index (χ0) is 13.3. The molecule has 0 unspecified atom stereocenters. The minimum Gasteiger partial charge on any atom is -0.301 e. The molecule has 2 rings (SSSR count). The Labute approximate surface area is 107 Å². The van der Waals surface area contributed by atoms with Crippen molar-refractivity contribution in [3.05, 3.63) is 41.5 Å². The van der Waals surface area contributed by atoms with E-state index in [9.17, 15) is 9.59 Å². The molecule has 0 saturated heterocycles. The number of hydrogen-bond acceptors (Lipinski definition) is 2. The van der Waals surface area contributed by atoms with Gasteiger partial charge in [-0.15, -0.1) is 0 Å². The van der Waals surface area contributed by atoms with Crippen molar-refractivity contribution in [1.82, 2.24) is 0 Å². The van der Waals surface area contributed by atoms with Gasteiger partial charge in [-0.3, -0.25) is 9.59 Å². The van der Waals surface area contributed by atoms with Crippen molar-refractivity contribution >= 4 is 17.4 Å². The highest BCUT2D eigenvalue weighted by Crippen LogP contribution is 2.30. The van der Waals surface area contributed by atoms with Gasteiger partial charge >= 0.3 is 0 Å². The van der Waals surface area contributed by atoms with E-state index in [-0.39, 0.29) is 0 Å². The van der Waals surface area contributed by atoms with Crippen molar-refractivity contribution in [2.45, 2.75) is 26.7 Å². The Balaban J connectivity index is 2.40. The number of benzene rings is 1. The number of amides is 1. The highest BCUT2D eigenvalue weighted by atomic mass is 16.2. The molecular formula is C15H17NO2. The second kappa shape index (κ2) is 4.77. The van der Waals surface area contributed by atoms with Crippen molar-refractivity contribution in [2.24, 2.45) is 0 Å². The van der Waals surface area contributed by atoms with Gasteiger partial charge in [0, 0.05) is 6.54 Å². The lowest BCUT2D eigenvalue weighted by Gasteiger charge is -2.17. The number of nitrogens with zero attached hydrogens (tertiary/aromatic N) is 1. The van der Waals surface area contributed by atoms with Crippen LogP contribution in [0.1, 0.15) is 36.2 Å². The largest absolute Gasteiger partial charge is 0.301 e. The standard InChI is InChI=1S/C15H17NO2/c1-4-10(3)9-16-13-7-6-11(5-2)8-12(13)14(17)15(16)18/h6-8H,3-5,9H2,1-2H3. The van der Waals surface area contributed by atoms with E-state index in [1.165, 1.54) is 4.90 Å². The van der Waals surface area contributed by atoms with Crippen molar-refractivity contribution in [3.63, 3.8) is 0 Å². The number of carbonyl (C=O) groups is 2. The predicted octanol–water partition coefficient (Wildman–Crippen LogP) is 2.74. The fourth-order valence-corrected chi connectivity index (χ4v) is 2.06. The Kier molecular flexibility index (Phi) is 3.32. The summed E-state index contributed by atoms with van der Waals surface area (Å²) in [5.74, 6) is -0.836. The van der Waals surface area contributed by atoms with Crippen molar-refractivity contribution < 1.29 is 9.59 Å². The number of carbonyl (C=O) groups excluding carboxylic acids is 2. The molecule has 1 aliphatic rings. The zero-order valence-electron chi connectivity index (χ0n) is 10.8. The molecular weight excluding hydrogens is 226 g/mol. The third-order valence-electron chi connectivity index (χ3n) is 3.33. The topological polar surface area (TPSA) is 37.4 Å². The Morgan fingerprint density at radius 3 is 2.61 bits per heavy atom. The van der Waals surface area contributed by atoms with Crippen LogP contribution in [-0.2, 0) is 11.2 Å². The number of ketones is 1. The molecule has 1 heterocycles. The smallest absolute Gasteiger partial charge is 0.299 e. The Morgan fingerprint density at radius 1 is 1.28 bits per heavy atom. The summed E-state index contributed by atoms with van der Waals surface area (Å²) in [6, 6.07) is 5.65. The van der Waals surface area contributed by atoms with Crippen LogP contribution in [0.15, 0.2) is 30.4 Å². The van der Waals surface area contributed by atoms with E-state index >= 15 is 0 Å². The molecule has 0 spiro atoms. The van der Waals surface area contributed by atoms with Crippen LogP contribution in [0.25, 0.3) is 0 Å². The first-order valence-corrected chi connectivity index (χ1v) is 6.24. The van der Waals surface area contributed by atoms with Gasteiger partial charge in [0.15, 0.2) is 0 Å². The lowest BCUT2D eigenvalue weighted by atomic mass is 10.1. The summed E-state index contributed by atoms with van der Waals surface area (Å²) in [6.45, 7) is 8.35. The first-order chi connectivity index (χ1) is 8.58. The Bertz CT molecular complexity index is 531. The number of rotatable bonds is 4. The lowest BCUT2D eigenvalue weighted by Crippen LogP contribution is -2.31. The molecule has 1 aromatic rings. The van der Waals surface area contributed by atoms with E-state index in [0.717, 1.165) is 29.7 Å². The molecule has 0 aliphatic carbocycles. The van der Waals surface area contributed by atoms with Crippen LogP contribution in [-0.4, -0.2) is 18.2 Å². The quantitative estimate of drug-likeness (QED) is 0.602. The second-order valence-electron chi connectivity index (χ2n) is 4.53. The van der Waals surface area contributed by atoms with E-state index in [0.29, 0.717) is 12.1 Å². The van der Waals surface area contributed by atoms with Gasteiger partial charge in [-0.1, -0.05) is 32.1 Å². The number of hydrogen-bond donors (Lipinski definition) is 0. The van der Waals surface area contributed by atoms with E-state index in [4.69, 9.17) is 0 Å². The highest BCUT2D eigenvalue weighted by molar-refractivity contribution is 6.52. The number of fused-ring (bicyclic) bond motifs is 1. The fraction of sp³-hybridized carbons (Fsp3) is 0.333. The minimum atomic E-state index is -0.437. The molecule has 3 heteroatoms. The SMILES string of the molecule is C=C(CC)CN1C(=O)C(=O)c2cc(CC)ccc21. The van der Waals surface area contributed by atoms with E-state index in [1.54, 1.807) is 0 Å². The van der Waals surface area contributed by atoms with Crippen LogP contribution in [0, 0.1) is 0 Å². The molecule has 0 saturated carbocycles. The maximum atomic E-state index is 11.9. The number of aryl methyl sites for hydroxylation is 1. The average molecular weight is 243 g/mol. The van der Waals surface area contributed by atoms with Gasteiger partial charge in [0.05, 0.1) is 11.3 Å². The van der Waals surface area contributed by atoms with Crippen LogP contribution >= 0.6 is 0 Å². The lowest BCUT2D eigenvalue weighted by molar-refractivity contribution is -0.114. The summed E-state index contributed by atoms with van der Waals surface area (Å²) >= 11 is 0. The summed E-state index contributed by atoms with van der Waals surface area (Å²) in [4.78, 5) is 25.4. The summed E-state index contributed by atoms with van der Waals surface area (Å²) < 4.78 is 0. The van der Waals surface area contributed by atoms with Crippen LogP contribution in [0.5, 0.6) is 0 Å². The van der Waals surface area contributed by atoms with E-state index in [1.807, 2.05) is 32.0 Å². The summed E-state index contributed by atoms with van der Waals surface area (Å²) in [5.41, 5.74) is 3.27. The molecule has 0 fully saturated rings. The molecule has 0 atom stereocenters. The number of anilines is 1. The molecule has 1 aliphatic heterocycles. The van der Waals surface area contributed by atoms with Gasteiger partial charge in [0.1, 0.15) is 0 Å². The second-order valence-corrected chi connectivity index (χ2v) is 4.53. The third-order valence-corrected chi connectivity index (χ3v) is 3.33. The molecule has 0 aromatic heterocycles.